The fourth-order valence-corrected chi connectivity index (χ4v) is 3.52. The van der Waals surface area contributed by atoms with Gasteiger partial charge in [-0.2, -0.15) is 0 Å². The van der Waals surface area contributed by atoms with Crippen LogP contribution in [0.3, 0.4) is 0 Å². The van der Waals surface area contributed by atoms with E-state index in [-0.39, 0.29) is 17.7 Å². The average molecular weight is 368 g/mol. The van der Waals surface area contributed by atoms with Crippen LogP contribution in [-0.2, 0) is 9.53 Å². The van der Waals surface area contributed by atoms with Gasteiger partial charge in [-0.3, -0.25) is 4.79 Å². The third-order valence-corrected chi connectivity index (χ3v) is 4.94. The third-order valence-electron chi connectivity index (χ3n) is 4.94. The van der Waals surface area contributed by atoms with E-state index in [1.54, 1.807) is 7.11 Å². The van der Waals surface area contributed by atoms with Gasteiger partial charge in [-0.1, -0.05) is 38.1 Å². The lowest BCUT2D eigenvalue weighted by Gasteiger charge is -2.31. The SMILES string of the molecule is COc1ccc(C(C(=O)Nc2ccccc2N2CCOCC2)C(C)C)cc1. The second kappa shape index (κ2) is 8.91. The second-order valence-corrected chi connectivity index (χ2v) is 7.10. The Morgan fingerprint density at radius 3 is 2.37 bits per heavy atom. The molecule has 5 nitrogen and oxygen atoms in total. The monoisotopic (exact) mass is 368 g/mol. The summed E-state index contributed by atoms with van der Waals surface area (Å²) in [6.45, 7) is 7.23. The molecular weight excluding hydrogens is 340 g/mol. The van der Waals surface area contributed by atoms with Crippen molar-refractivity contribution in [2.45, 2.75) is 19.8 Å². The Morgan fingerprint density at radius 2 is 1.74 bits per heavy atom. The first-order valence-corrected chi connectivity index (χ1v) is 9.46. The standard InChI is InChI=1S/C22H28N2O3/c1-16(2)21(17-8-10-18(26-3)11-9-17)22(25)23-19-6-4-5-7-20(19)24-12-14-27-15-13-24/h4-11,16,21H,12-15H2,1-3H3,(H,23,25). The number of nitrogens with zero attached hydrogens (tertiary/aromatic N) is 1. The largest absolute Gasteiger partial charge is 0.497 e. The second-order valence-electron chi connectivity index (χ2n) is 7.10. The van der Waals surface area contributed by atoms with Crippen molar-refractivity contribution in [3.8, 4) is 5.75 Å². The van der Waals surface area contributed by atoms with Crippen molar-refractivity contribution in [1.29, 1.82) is 0 Å². The van der Waals surface area contributed by atoms with Gasteiger partial charge in [-0.05, 0) is 35.7 Å². The van der Waals surface area contributed by atoms with Gasteiger partial charge in [0.05, 0.1) is 37.6 Å². The number of para-hydroxylation sites is 2. The number of rotatable bonds is 6. The van der Waals surface area contributed by atoms with Crippen molar-refractivity contribution < 1.29 is 14.3 Å². The summed E-state index contributed by atoms with van der Waals surface area (Å²) in [4.78, 5) is 15.4. The van der Waals surface area contributed by atoms with Gasteiger partial charge in [-0.15, -0.1) is 0 Å². The summed E-state index contributed by atoms with van der Waals surface area (Å²) in [5.74, 6) is 0.748. The maximum Gasteiger partial charge on any atom is 0.232 e. The van der Waals surface area contributed by atoms with E-state index in [9.17, 15) is 4.79 Å². The molecule has 1 atom stereocenters. The van der Waals surface area contributed by atoms with E-state index in [0.29, 0.717) is 13.2 Å². The van der Waals surface area contributed by atoms with E-state index in [1.807, 2.05) is 42.5 Å². The maximum absolute atomic E-state index is 13.2. The van der Waals surface area contributed by atoms with Crippen LogP contribution in [0, 0.1) is 5.92 Å². The number of anilines is 2. The number of carbonyl (C=O) groups is 1. The number of ether oxygens (including phenoxy) is 2. The van der Waals surface area contributed by atoms with Crippen molar-refractivity contribution in [2.24, 2.45) is 5.92 Å². The highest BCUT2D eigenvalue weighted by Crippen LogP contribution is 2.31. The van der Waals surface area contributed by atoms with Crippen molar-refractivity contribution in [3.63, 3.8) is 0 Å². The molecule has 0 radical (unpaired) electrons. The van der Waals surface area contributed by atoms with Crippen LogP contribution in [0.1, 0.15) is 25.3 Å². The van der Waals surface area contributed by atoms with Crippen LogP contribution >= 0.6 is 0 Å². The molecule has 1 fully saturated rings. The first-order valence-electron chi connectivity index (χ1n) is 9.46. The number of carbonyl (C=O) groups excluding carboxylic acids is 1. The zero-order chi connectivity index (χ0) is 19.2. The molecular formula is C22H28N2O3. The molecule has 1 unspecified atom stereocenters. The molecule has 1 amide bonds. The Kier molecular flexibility index (Phi) is 6.35. The van der Waals surface area contributed by atoms with Crippen LogP contribution in [0.25, 0.3) is 0 Å². The smallest absolute Gasteiger partial charge is 0.232 e. The number of morpholine rings is 1. The van der Waals surface area contributed by atoms with Gasteiger partial charge in [0.15, 0.2) is 0 Å². The first-order chi connectivity index (χ1) is 13.1. The zero-order valence-corrected chi connectivity index (χ0v) is 16.3. The molecule has 1 aliphatic heterocycles. The summed E-state index contributed by atoms with van der Waals surface area (Å²) in [6, 6.07) is 15.7. The van der Waals surface area contributed by atoms with Crippen molar-refractivity contribution in [1.82, 2.24) is 0 Å². The van der Waals surface area contributed by atoms with Gasteiger partial charge < -0.3 is 19.7 Å². The van der Waals surface area contributed by atoms with Crippen molar-refractivity contribution >= 4 is 17.3 Å². The molecule has 1 N–H and O–H groups in total. The normalized spacial score (nSPS) is 15.5. The summed E-state index contributed by atoms with van der Waals surface area (Å²) in [5, 5.41) is 3.16. The molecule has 1 heterocycles. The van der Waals surface area contributed by atoms with E-state index >= 15 is 0 Å². The lowest BCUT2D eigenvalue weighted by molar-refractivity contribution is -0.118. The van der Waals surface area contributed by atoms with Gasteiger partial charge >= 0.3 is 0 Å². The molecule has 0 aromatic heterocycles. The summed E-state index contributed by atoms with van der Waals surface area (Å²) < 4.78 is 10.7. The Balaban J connectivity index is 1.81. The average Bonchev–Trinajstić information content (AvgIpc) is 2.69. The number of benzene rings is 2. The van der Waals surface area contributed by atoms with Gasteiger partial charge in [-0.25, -0.2) is 0 Å². The number of amides is 1. The molecule has 144 valence electrons. The summed E-state index contributed by atoms with van der Waals surface area (Å²) >= 11 is 0. The Bertz CT molecular complexity index is 752. The highest BCUT2D eigenvalue weighted by molar-refractivity contribution is 5.98. The fourth-order valence-electron chi connectivity index (χ4n) is 3.52. The van der Waals surface area contributed by atoms with Crippen molar-refractivity contribution in [3.05, 3.63) is 54.1 Å². The van der Waals surface area contributed by atoms with E-state index in [4.69, 9.17) is 9.47 Å². The molecule has 0 aliphatic carbocycles. The van der Waals surface area contributed by atoms with E-state index in [1.165, 1.54) is 0 Å². The minimum atomic E-state index is -0.228. The molecule has 2 aromatic rings. The fraction of sp³-hybridized carbons (Fsp3) is 0.409. The van der Waals surface area contributed by atoms with Crippen LogP contribution in [-0.4, -0.2) is 39.3 Å². The molecule has 1 aliphatic rings. The Labute approximate surface area is 161 Å². The number of hydrogen-bond donors (Lipinski definition) is 1. The van der Waals surface area contributed by atoms with E-state index in [2.05, 4.69) is 30.1 Å². The quantitative estimate of drug-likeness (QED) is 0.840. The number of nitrogens with one attached hydrogen (secondary N) is 1. The van der Waals surface area contributed by atoms with Crippen LogP contribution in [0.15, 0.2) is 48.5 Å². The van der Waals surface area contributed by atoms with Gasteiger partial charge in [0.1, 0.15) is 5.75 Å². The zero-order valence-electron chi connectivity index (χ0n) is 16.3. The van der Waals surface area contributed by atoms with Crippen LogP contribution in [0.5, 0.6) is 5.75 Å². The number of methoxy groups -OCH3 is 1. The predicted octanol–water partition coefficient (Wildman–Crippen LogP) is 3.91. The molecule has 2 aromatic carbocycles. The summed E-state index contributed by atoms with van der Waals surface area (Å²) in [5.41, 5.74) is 2.89. The highest BCUT2D eigenvalue weighted by Gasteiger charge is 2.25. The van der Waals surface area contributed by atoms with Crippen molar-refractivity contribution in [2.75, 3.05) is 43.6 Å². The Hall–Kier alpha value is -2.53. The molecule has 27 heavy (non-hydrogen) atoms. The lowest BCUT2D eigenvalue weighted by Crippen LogP contribution is -2.37. The van der Waals surface area contributed by atoms with Gasteiger partial charge in [0, 0.05) is 13.1 Å². The molecule has 1 saturated heterocycles. The van der Waals surface area contributed by atoms with Gasteiger partial charge in [0.25, 0.3) is 0 Å². The topological polar surface area (TPSA) is 50.8 Å². The molecule has 5 heteroatoms. The molecule has 3 rings (SSSR count). The van der Waals surface area contributed by atoms with E-state index < -0.39 is 0 Å². The third kappa shape index (κ3) is 4.61. The molecule has 0 spiro atoms. The lowest BCUT2D eigenvalue weighted by atomic mass is 9.87. The summed E-state index contributed by atoms with van der Waals surface area (Å²) in [7, 11) is 1.64. The maximum atomic E-state index is 13.2. The first kappa shape index (κ1) is 19.2. The predicted molar refractivity (Wildman–Crippen MR) is 109 cm³/mol. The molecule has 0 saturated carbocycles. The van der Waals surface area contributed by atoms with Crippen LogP contribution in [0.2, 0.25) is 0 Å². The highest BCUT2D eigenvalue weighted by atomic mass is 16.5. The minimum Gasteiger partial charge on any atom is -0.497 e. The minimum absolute atomic E-state index is 0.0101. The van der Waals surface area contributed by atoms with Crippen LogP contribution in [0.4, 0.5) is 11.4 Å². The van der Waals surface area contributed by atoms with E-state index in [0.717, 1.165) is 35.8 Å². The Morgan fingerprint density at radius 1 is 1.07 bits per heavy atom. The molecule has 0 bridgehead atoms. The van der Waals surface area contributed by atoms with Crippen LogP contribution < -0.4 is 15.0 Å². The van der Waals surface area contributed by atoms with Gasteiger partial charge in [0.2, 0.25) is 5.91 Å². The number of hydrogen-bond acceptors (Lipinski definition) is 4. The summed E-state index contributed by atoms with van der Waals surface area (Å²) in [6.07, 6.45) is 0.